The van der Waals surface area contributed by atoms with Crippen molar-refractivity contribution in [1.29, 1.82) is 0 Å². The molecule has 3 rings (SSSR count). The Kier molecular flexibility index (Phi) is 5.51. The summed E-state index contributed by atoms with van der Waals surface area (Å²) in [4.78, 5) is 21.2. The third-order valence-electron chi connectivity index (χ3n) is 4.69. The summed E-state index contributed by atoms with van der Waals surface area (Å²) in [6, 6.07) is 0. The molecule has 7 heteroatoms. The fourth-order valence-electron chi connectivity index (χ4n) is 3.47. The van der Waals surface area contributed by atoms with E-state index in [9.17, 15) is 4.79 Å². The Balaban J connectivity index is 2.14. The van der Waals surface area contributed by atoms with Crippen LogP contribution in [0.4, 0.5) is 5.82 Å². The maximum atomic E-state index is 11.9. The molecule has 0 aromatic carbocycles. The van der Waals surface area contributed by atoms with E-state index in [0.717, 1.165) is 42.0 Å². The van der Waals surface area contributed by atoms with Gasteiger partial charge in [-0.1, -0.05) is 26.0 Å². The highest BCUT2D eigenvalue weighted by atomic mass is 16.6. The topological polar surface area (TPSA) is 95.1 Å². The monoisotopic (exact) mass is 371 g/mol. The smallest absolute Gasteiger partial charge is 0.306 e. The summed E-state index contributed by atoms with van der Waals surface area (Å²) in [5, 5.41) is 3.33. The minimum absolute atomic E-state index is 0.208. The van der Waals surface area contributed by atoms with Crippen LogP contribution >= 0.6 is 0 Å². The number of aromatic nitrogens is 3. The molecular weight excluding hydrogens is 342 g/mol. The van der Waals surface area contributed by atoms with Gasteiger partial charge in [0.2, 0.25) is 0 Å². The Morgan fingerprint density at radius 1 is 1.37 bits per heavy atom. The first-order valence-corrected chi connectivity index (χ1v) is 9.62. The molecule has 0 saturated heterocycles. The third kappa shape index (κ3) is 3.98. The highest BCUT2D eigenvalue weighted by Crippen LogP contribution is 2.32. The van der Waals surface area contributed by atoms with Gasteiger partial charge in [-0.3, -0.25) is 4.79 Å². The first kappa shape index (κ1) is 19.4. The number of rotatable bonds is 7. The molecule has 0 saturated carbocycles. The molecule has 0 aliphatic heterocycles. The summed E-state index contributed by atoms with van der Waals surface area (Å²) in [7, 11) is 0. The molecule has 0 amide bonds. The molecule has 2 aromatic rings. The molecule has 1 aliphatic carbocycles. The summed E-state index contributed by atoms with van der Waals surface area (Å²) >= 11 is 0. The average Bonchev–Trinajstić information content (AvgIpc) is 2.98. The van der Waals surface area contributed by atoms with E-state index in [1.54, 1.807) is 6.92 Å². The van der Waals surface area contributed by atoms with E-state index in [4.69, 9.17) is 15.5 Å². The van der Waals surface area contributed by atoms with Crippen molar-refractivity contribution in [3.8, 4) is 0 Å². The molecule has 0 unspecified atom stereocenters. The minimum atomic E-state index is -0.662. The molecule has 7 nitrogen and oxygen atoms in total. The summed E-state index contributed by atoms with van der Waals surface area (Å²) < 4.78 is 7.80. The first-order chi connectivity index (χ1) is 12.9. The van der Waals surface area contributed by atoms with Crippen molar-refractivity contribution >= 4 is 28.9 Å². The van der Waals surface area contributed by atoms with Gasteiger partial charge in [-0.05, 0) is 33.2 Å². The number of fused-ring (bicyclic) bond motifs is 3. The average molecular weight is 371 g/mol. The Bertz CT molecular complexity index is 882. The highest BCUT2D eigenvalue weighted by molar-refractivity contribution is 5.93. The number of anilines is 1. The Morgan fingerprint density at radius 2 is 2.15 bits per heavy atom. The van der Waals surface area contributed by atoms with Crippen molar-refractivity contribution in [1.82, 2.24) is 19.9 Å². The van der Waals surface area contributed by atoms with Gasteiger partial charge < -0.3 is 20.4 Å². The van der Waals surface area contributed by atoms with Crippen LogP contribution in [0.15, 0.2) is 6.08 Å². The highest BCUT2D eigenvalue weighted by Gasteiger charge is 2.28. The lowest BCUT2D eigenvalue weighted by atomic mass is 10.0. The van der Waals surface area contributed by atoms with Crippen molar-refractivity contribution in [2.45, 2.75) is 65.6 Å². The third-order valence-corrected chi connectivity index (χ3v) is 4.69. The number of ether oxygens (including phenoxy) is 1. The normalized spacial score (nSPS) is 13.8. The Morgan fingerprint density at radius 3 is 2.85 bits per heavy atom. The van der Waals surface area contributed by atoms with Gasteiger partial charge in [0.25, 0.3) is 0 Å². The van der Waals surface area contributed by atoms with Crippen molar-refractivity contribution < 1.29 is 9.53 Å². The molecule has 2 aromatic heterocycles. The number of nitrogens with one attached hydrogen (secondary N) is 1. The zero-order chi connectivity index (χ0) is 19.6. The molecule has 0 radical (unpaired) electrons. The zero-order valence-electron chi connectivity index (χ0n) is 16.6. The van der Waals surface area contributed by atoms with Gasteiger partial charge in [0.15, 0.2) is 5.82 Å². The van der Waals surface area contributed by atoms with Crippen LogP contribution in [0.1, 0.15) is 57.6 Å². The molecule has 0 spiro atoms. The second-order valence-electron chi connectivity index (χ2n) is 7.48. The lowest BCUT2D eigenvalue weighted by molar-refractivity contribution is -0.157. The van der Waals surface area contributed by atoms with Gasteiger partial charge in [0, 0.05) is 12.0 Å². The van der Waals surface area contributed by atoms with Crippen LogP contribution in [-0.2, 0) is 29.0 Å². The van der Waals surface area contributed by atoms with Crippen molar-refractivity contribution in [2.24, 2.45) is 0 Å². The molecule has 2 heterocycles. The minimum Gasteiger partial charge on any atom is -0.458 e. The van der Waals surface area contributed by atoms with Crippen molar-refractivity contribution in [3.63, 3.8) is 0 Å². The number of carbonyl (C=O) groups excluding carboxylic acids is 1. The number of pyridine rings is 1. The molecule has 0 bridgehead atoms. The molecule has 1 aliphatic rings. The van der Waals surface area contributed by atoms with Crippen LogP contribution < -0.4 is 11.1 Å². The number of esters is 1. The number of allylic oxidation sites excluding steroid dienone is 1. The molecule has 27 heavy (non-hydrogen) atoms. The fourth-order valence-corrected chi connectivity index (χ4v) is 3.47. The summed E-state index contributed by atoms with van der Waals surface area (Å²) in [6.45, 7) is 9.66. The lowest BCUT2D eigenvalue weighted by Gasteiger charge is -2.27. The predicted molar refractivity (Wildman–Crippen MR) is 107 cm³/mol. The standard InChI is InChI=1S/C20H29N5O2/c1-5-16(26)27-20(3,4)12-25-15(11-22-6-2)24-17-18(25)13-9-7-8-10-14(13)23-19(17)21/h7,9,22H,5-6,8,10-12H2,1-4H3,(H2,21,23). The van der Waals surface area contributed by atoms with E-state index >= 15 is 0 Å². The van der Waals surface area contributed by atoms with Crippen LogP contribution in [0.25, 0.3) is 17.1 Å². The van der Waals surface area contributed by atoms with E-state index in [1.165, 1.54) is 0 Å². The Hall–Kier alpha value is -2.41. The van der Waals surface area contributed by atoms with E-state index in [2.05, 4.69) is 33.9 Å². The summed E-state index contributed by atoms with van der Waals surface area (Å²) in [5.74, 6) is 1.12. The van der Waals surface area contributed by atoms with Crippen LogP contribution in [0.3, 0.4) is 0 Å². The maximum Gasteiger partial charge on any atom is 0.306 e. The molecule has 0 atom stereocenters. The van der Waals surface area contributed by atoms with Gasteiger partial charge in [0.1, 0.15) is 16.9 Å². The number of nitrogens with zero attached hydrogens (tertiary/aromatic N) is 3. The van der Waals surface area contributed by atoms with Crippen LogP contribution in [0.2, 0.25) is 0 Å². The quantitative estimate of drug-likeness (QED) is 0.727. The van der Waals surface area contributed by atoms with Crippen LogP contribution in [0.5, 0.6) is 0 Å². The van der Waals surface area contributed by atoms with Gasteiger partial charge in [-0.15, -0.1) is 0 Å². The number of nitrogen functional groups attached to an aromatic ring is 1. The van der Waals surface area contributed by atoms with E-state index in [1.807, 2.05) is 13.8 Å². The number of hydrogen-bond donors (Lipinski definition) is 2. The van der Waals surface area contributed by atoms with E-state index in [0.29, 0.717) is 30.8 Å². The molecule has 0 fully saturated rings. The largest absolute Gasteiger partial charge is 0.458 e. The second kappa shape index (κ2) is 7.68. The predicted octanol–water partition coefficient (Wildman–Crippen LogP) is 2.81. The number of hydrogen-bond acceptors (Lipinski definition) is 6. The molecule has 146 valence electrons. The first-order valence-electron chi connectivity index (χ1n) is 9.62. The lowest BCUT2D eigenvalue weighted by Crippen LogP contribution is -2.34. The maximum absolute atomic E-state index is 11.9. The molecular formula is C20H29N5O2. The van der Waals surface area contributed by atoms with Gasteiger partial charge >= 0.3 is 5.97 Å². The Labute approximate surface area is 160 Å². The number of nitrogens with two attached hydrogens (primary N) is 1. The van der Waals surface area contributed by atoms with Gasteiger partial charge in [0.05, 0.1) is 24.3 Å². The number of carbonyl (C=O) groups is 1. The number of aryl methyl sites for hydroxylation is 1. The zero-order valence-corrected chi connectivity index (χ0v) is 16.6. The summed E-state index contributed by atoms with van der Waals surface area (Å²) in [6.07, 6.45) is 6.45. The summed E-state index contributed by atoms with van der Waals surface area (Å²) in [5.41, 5.74) is 9.34. The molecule has 3 N–H and O–H groups in total. The van der Waals surface area contributed by atoms with Gasteiger partial charge in [-0.2, -0.15) is 0 Å². The van der Waals surface area contributed by atoms with E-state index < -0.39 is 5.60 Å². The van der Waals surface area contributed by atoms with E-state index in [-0.39, 0.29) is 5.97 Å². The van der Waals surface area contributed by atoms with Crippen LogP contribution in [-0.4, -0.2) is 32.7 Å². The van der Waals surface area contributed by atoms with Gasteiger partial charge in [-0.25, -0.2) is 9.97 Å². The fraction of sp³-hybridized carbons (Fsp3) is 0.550. The SMILES string of the molecule is CCNCc1nc2c(N)nc3c(c2n1CC(C)(C)OC(=O)CC)C=CCC3. The van der Waals surface area contributed by atoms with Crippen LogP contribution in [0, 0.1) is 0 Å². The number of imidazole rings is 1. The van der Waals surface area contributed by atoms with Crippen molar-refractivity contribution in [2.75, 3.05) is 12.3 Å². The van der Waals surface area contributed by atoms with Crippen molar-refractivity contribution in [3.05, 3.63) is 23.2 Å². The second-order valence-corrected chi connectivity index (χ2v) is 7.48.